The zero-order valence-corrected chi connectivity index (χ0v) is 14.5. The normalized spacial score (nSPS) is 11.7. The number of hydrogen-bond acceptors (Lipinski definition) is 7. The van der Waals surface area contributed by atoms with E-state index in [9.17, 15) is 0 Å². The van der Waals surface area contributed by atoms with E-state index in [1.54, 1.807) is 0 Å². The highest BCUT2D eigenvalue weighted by Crippen LogP contribution is 2.44. The van der Waals surface area contributed by atoms with Crippen LogP contribution in [0.1, 0.15) is 24.5 Å². The summed E-state index contributed by atoms with van der Waals surface area (Å²) in [6, 6.07) is 12.5. The second-order valence-electron chi connectivity index (χ2n) is 6.15. The minimum Gasteiger partial charge on any atom is -0.491 e. The number of hydrogen-bond donors (Lipinski definition) is 3. The minimum absolute atomic E-state index is 0.0758. The molecule has 1 heterocycles. The topological polar surface area (TPSA) is 112 Å². The van der Waals surface area contributed by atoms with Crippen LogP contribution in [-0.4, -0.2) is 21.6 Å². The molecule has 4 rings (SSSR count). The van der Waals surface area contributed by atoms with E-state index in [4.69, 9.17) is 16.2 Å². The molecule has 1 aliphatic carbocycles. The molecule has 0 amide bonds. The molecule has 0 radical (unpaired) electrons. The van der Waals surface area contributed by atoms with Crippen molar-refractivity contribution in [2.24, 2.45) is 0 Å². The standard InChI is InChI=1S/C19H20N6O/c1-2-9-26-15-8-7-13-12-6-4-3-5-11(12)10-14(13)16(15)22-19-24-17(20)23-18(21)25-19/h3-8H,2,9-10H2,1H3,(H5,20,21,22,23,24,25). The third-order valence-electron chi connectivity index (χ3n) is 4.32. The van der Waals surface area contributed by atoms with Crippen molar-refractivity contribution in [1.82, 2.24) is 15.0 Å². The summed E-state index contributed by atoms with van der Waals surface area (Å²) < 4.78 is 5.95. The Kier molecular flexibility index (Phi) is 4.04. The van der Waals surface area contributed by atoms with E-state index in [0.717, 1.165) is 29.8 Å². The lowest BCUT2D eigenvalue weighted by molar-refractivity contribution is 0.319. The largest absolute Gasteiger partial charge is 0.491 e. The maximum atomic E-state index is 5.95. The van der Waals surface area contributed by atoms with E-state index in [-0.39, 0.29) is 11.9 Å². The number of benzene rings is 2. The molecule has 1 aromatic heterocycles. The predicted octanol–water partition coefficient (Wildman–Crippen LogP) is 3.14. The third kappa shape index (κ3) is 2.88. The Morgan fingerprint density at radius 3 is 2.54 bits per heavy atom. The summed E-state index contributed by atoms with van der Waals surface area (Å²) in [5.74, 6) is 1.22. The lowest BCUT2D eigenvalue weighted by atomic mass is 10.0. The highest BCUT2D eigenvalue weighted by Gasteiger charge is 2.24. The third-order valence-corrected chi connectivity index (χ3v) is 4.32. The zero-order chi connectivity index (χ0) is 18.1. The molecular formula is C19H20N6O. The summed E-state index contributed by atoms with van der Waals surface area (Å²) in [6.07, 6.45) is 1.73. The average Bonchev–Trinajstić information content (AvgIpc) is 2.99. The van der Waals surface area contributed by atoms with Crippen LogP contribution in [-0.2, 0) is 6.42 Å². The van der Waals surface area contributed by atoms with Gasteiger partial charge in [0.1, 0.15) is 5.75 Å². The fourth-order valence-electron chi connectivity index (χ4n) is 3.24. The average molecular weight is 348 g/mol. The van der Waals surface area contributed by atoms with E-state index in [1.165, 1.54) is 16.7 Å². The van der Waals surface area contributed by atoms with Crippen molar-refractivity contribution in [3.05, 3.63) is 47.5 Å². The first-order valence-electron chi connectivity index (χ1n) is 8.56. The van der Waals surface area contributed by atoms with Crippen molar-refractivity contribution in [2.45, 2.75) is 19.8 Å². The van der Waals surface area contributed by atoms with Gasteiger partial charge >= 0.3 is 0 Å². The molecule has 2 aromatic carbocycles. The summed E-state index contributed by atoms with van der Waals surface area (Å²) in [5, 5.41) is 3.25. The van der Waals surface area contributed by atoms with E-state index in [2.05, 4.69) is 57.5 Å². The molecule has 0 saturated carbocycles. The molecule has 0 fully saturated rings. The number of rotatable bonds is 5. The van der Waals surface area contributed by atoms with Crippen molar-refractivity contribution in [2.75, 3.05) is 23.4 Å². The summed E-state index contributed by atoms with van der Waals surface area (Å²) in [6.45, 7) is 2.70. The number of fused-ring (bicyclic) bond motifs is 3. The maximum absolute atomic E-state index is 5.95. The number of nitrogens with zero attached hydrogens (tertiary/aromatic N) is 3. The molecule has 26 heavy (non-hydrogen) atoms. The van der Waals surface area contributed by atoms with Gasteiger partial charge in [0.25, 0.3) is 0 Å². The van der Waals surface area contributed by atoms with Gasteiger partial charge in [-0.2, -0.15) is 15.0 Å². The molecule has 132 valence electrons. The lowest BCUT2D eigenvalue weighted by Crippen LogP contribution is -2.09. The second-order valence-corrected chi connectivity index (χ2v) is 6.15. The fraction of sp³-hybridized carbons (Fsp3) is 0.211. The monoisotopic (exact) mass is 348 g/mol. The first kappa shape index (κ1) is 16.1. The Morgan fingerprint density at radius 2 is 1.77 bits per heavy atom. The Balaban J connectivity index is 1.80. The Hall–Kier alpha value is -3.35. The Labute approximate surface area is 151 Å². The predicted molar refractivity (Wildman–Crippen MR) is 102 cm³/mol. The summed E-state index contributed by atoms with van der Waals surface area (Å²) >= 11 is 0. The molecular weight excluding hydrogens is 328 g/mol. The molecule has 3 aromatic rings. The quantitative estimate of drug-likeness (QED) is 0.508. The van der Waals surface area contributed by atoms with Gasteiger partial charge in [0.05, 0.1) is 12.3 Å². The highest BCUT2D eigenvalue weighted by molar-refractivity contribution is 5.85. The maximum Gasteiger partial charge on any atom is 0.233 e. The Bertz CT molecular complexity index is 952. The van der Waals surface area contributed by atoms with Crippen molar-refractivity contribution in [3.63, 3.8) is 0 Å². The van der Waals surface area contributed by atoms with Crippen LogP contribution >= 0.6 is 0 Å². The van der Waals surface area contributed by atoms with E-state index in [0.29, 0.717) is 12.6 Å². The molecule has 7 heteroatoms. The summed E-state index contributed by atoms with van der Waals surface area (Å²) in [7, 11) is 0. The molecule has 7 nitrogen and oxygen atoms in total. The van der Waals surface area contributed by atoms with E-state index >= 15 is 0 Å². The van der Waals surface area contributed by atoms with Crippen molar-refractivity contribution >= 4 is 23.5 Å². The number of ether oxygens (including phenoxy) is 1. The highest BCUT2D eigenvalue weighted by atomic mass is 16.5. The first-order chi connectivity index (χ1) is 12.7. The molecule has 0 atom stereocenters. The van der Waals surface area contributed by atoms with Gasteiger partial charge in [0.2, 0.25) is 17.8 Å². The van der Waals surface area contributed by atoms with E-state index in [1.807, 2.05) is 6.07 Å². The minimum atomic E-state index is 0.0758. The number of anilines is 4. The van der Waals surface area contributed by atoms with Gasteiger partial charge in [-0.05, 0) is 34.7 Å². The van der Waals surface area contributed by atoms with Gasteiger partial charge in [-0.3, -0.25) is 0 Å². The molecule has 1 aliphatic rings. The molecule has 0 aliphatic heterocycles. The lowest BCUT2D eigenvalue weighted by Gasteiger charge is -2.16. The number of aromatic nitrogens is 3. The van der Waals surface area contributed by atoms with Crippen molar-refractivity contribution in [1.29, 1.82) is 0 Å². The summed E-state index contributed by atoms with van der Waals surface area (Å²) in [5.41, 5.74) is 17.1. The van der Waals surface area contributed by atoms with Crippen LogP contribution in [0, 0.1) is 0 Å². The smallest absolute Gasteiger partial charge is 0.233 e. The van der Waals surface area contributed by atoms with Crippen LogP contribution < -0.4 is 21.5 Å². The van der Waals surface area contributed by atoms with Crippen LogP contribution in [0.2, 0.25) is 0 Å². The van der Waals surface area contributed by atoms with Gasteiger partial charge in [-0.25, -0.2) is 0 Å². The van der Waals surface area contributed by atoms with Crippen LogP contribution in [0.5, 0.6) is 5.75 Å². The molecule has 0 bridgehead atoms. The van der Waals surface area contributed by atoms with Crippen LogP contribution in [0.3, 0.4) is 0 Å². The van der Waals surface area contributed by atoms with Gasteiger partial charge in [-0.15, -0.1) is 0 Å². The number of nitrogens with two attached hydrogens (primary N) is 2. The molecule has 0 spiro atoms. The second kappa shape index (κ2) is 6.51. The first-order valence-corrected chi connectivity index (χ1v) is 8.56. The molecule has 0 saturated heterocycles. The molecule has 0 unspecified atom stereocenters. The van der Waals surface area contributed by atoms with Gasteiger partial charge in [0.15, 0.2) is 0 Å². The van der Waals surface area contributed by atoms with Crippen molar-refractivity contribution in [3.8, 4) is 16.9 Å². The van der Waals surface area contributed by atoms with Crippen LogP contribution in [0.15, 0.2) is 36.4 Å². The Morgan fingerprint density at radius 1 is 1.00 bits per heavy atom. The van der Waals surface area contributed by atoms with Gasteiger partial charge < -0.3 is 21.5 Å². The zero-order valence-electron chi connectivity index (χ0n) is 14.5. The summed E-state index contributed by atoms with van der Waals surface area (Å²) in [4.78, 5) is 12.1. The SMILES string of the molecule is CCCOc1ccc2c(c1Nc1nc(N)nc(N)n1)Cc1ccccc1-2. The number of nitrogens with one attached hydrogen (secondary N) is 1. The van der Waals surface area contributed by atoms with Crippen LogP contribution in [0.4, 0.5) is 23.5 Å². The number of nitrogen functional groups attached to an aromatic ring is 2. The van der Waals surface area contributed by atoms with Gasteiger partial charge in [0, 0.05) is 6.42 Å². The fourth-order valence-corrected chi connectivity index (χ4v) is 3.24. The van der Waals surface area contributed by atoms with Crippen molar-refractivity contribution < 1.29 is 4.74 Å². The van der Waals surface area contributed by atoms with Crippen LogP contribution in [0.25, 0.3) is 11.1 Å². The molecule has 5 N–H and O–H groups in total. The van der Waals surface area contributed by atoms with Gasteiger partial charge in [-0.1, -0.05) is 37.3 Å². The van der Waals surface area contributed by atoms with E-state index < -0.39 is 0 Å².